The molecule has 0 saturated carbocycles. The fraction of sp³-hybridized carbons (Fsp3) is 0.762. The highest BCUT2D eigenvalue weighted by atomic mass is 19.4. The van der Waals surface area contributed by atoms with E-state index in [1.54, 1.807) is 4.68 Å². The summed E-state index contributed by atoms with van der Waals surface area (Å²) in [5.74, 6) is -2.58. The van der Waals surface area contributed by atoms with E-state index >= 15 is 0 Å². The predicted molar refractivity (Wildman–Crippen MR) is 109 cm³/mol. The molecule has 0 radical (unpaired) electrons. The standard InChI is InChI=1S/C19H30N4O2.C2HF3O2/c1-21-11-6-16(20-21)13-18(24)23-12-8-19(15-23)7-4-5-17(25-19)14-22-9-2-3-10-22;3-2(4,5)1(6)7/h6,11,17H,2-5,7-10,12-15H2,1H3;(H,6,7)/t17-,19-;/m1./s1. The summed E-state index contributed by atoms with van der Waals surface area (Å²) in [5.41, 5.74) is 0.757. The van der Waals surface area contributed by atoms with Gasteiger partial charge in [-0.2, -0.15) is 18.3 Å². The Bertz CT molecular complexity index is 794. The maximum absolute atomic E-state index is 12.6. The summed E-state index contributed by atoms with van der Waals surface area (Å²) in [6.45, 7) is 5.10. The van der Waals surface area contributed by atoms with Crippen molar-refractivity contribution in [2.45, 2.75) is 62.8 Å². The van der Waals surface area contributed by atoms with Gasteiger partial charge in [-0.1, -0.05) is 0 Å². The molecule has 8 nitrogen and oxygen atoms in total. The molecule has 4 rings (SSSR count). The van der Waals surface area contributed by atoms with Crippen LogP contribution in [0.2, 0.25) is 0 Å². The minimum atomic E-state index is -5.08. The minimum absolute atomic E-state index is 0.0948. The smallest absolute Gasteiger partial charge is 0.475 e. The van der Waals surface area contributed by atoms with E-state index in [1.165, 1.54) is 38.8 Å². The van der Waals surface area contributed by atoms with Crippen molar-refractivity contribution in [3.05, 3.63) is 18.0 Å². The number of carboxylic acids is 1. The van der Waals surface area contributed by atoms with Gasteiger partial charge < -0.3 is 19.6 Å². The predicted octanol–water partition coefficient (Wildman–Crippen LogP) is 2.23. The Morgan fingerprint density at radius 3 is 2.50 bits per heavy atom. The van der Waals surface area contributed by atoms with Crippen LogP contribution in [0.25, 0.3) is 0 Å². The number of hydrogen-bond acceptors (Lipinski definition) is 5. The number of hydrogen-bond donors (Lipinski definition) is 1. The third-order valence-corrected chi connectivity index (χ3v) is 6.25. The van der Waals surface area contributed by atoms with Crippen LogP contribution < -0.4 is 0 Å². The number of carbonyl (C=O) groups is 2. The lowest BCUT2D eigenvalue weighted by Crippen LogP contribution is -2.47. The lowest BCUT2D eigenvalue weighted by atomic mass is 9.90. The maximum atomic E-state index is 12.6. The third-order valence-electron chi connectivity index (χ3n) is 6.25. The SMILES string of the molecule is Cn1ccc(CC(=O)N2CC[C@]3(CCC[C@H](CN4CCCC4)O3)C2)n1.O=C(O)C(F)(F)F. The maximum Gasteiger partial charge on any atom is 0.490 e. The number of aromatic nitrogens is 2. The number of aryl methyl sites for hydroxylation is 1. The van der Waals surface area contributed by atoms with Gasteiger partial charge in [0.1, 0.15) is 0 Å². The number of halogens is 3. The van der Waals surface area contributed by atoms with Crippen LogP contribution >= 0.6 is 0 Å². The van der Waals surface area contributed by atoms with Crippen LogP contribution in [0.1, 0.15) is 44.2 Å². The number of rotatable bonds is 4. The van der Waals surface area contributed by atoms with Gasteiger partial charge in [0.2, 0.25) is 5.91 Å². The van der Waals surface area contributed by atoms with Crippen LogP contribution in [0.15, 0.2) is 12.3 Å². The molecule has 1 N–H and O–H groups in total. The number of aliphatic carboxylic acids is 1. The fourth-order valence-corrected chi connectivity index (χ4v) is 4.69. The van der Waals surface area contributed by atoms with Gasteiger partial charge in [-0.25, -0.2) is 4.79 Å². The van der Waals surface area contributed by atoms with Gasteiger partial charge in [0.15, 0.2) is 0 Å². The first kappa shape index (κ1) is 24.5. The molecular formula is C21H31F3N4O4. The van der Waals surface area contributed by atoms with E-state index in [0.29, 0.717) is 12.5 Å². The average Bonchev–Trinajstić information content (AvgIpc) is 3.45. The van der Waals surface area contributed by atoms with Crippen molar-refractivity contribution in [2.24, 2.45) is 7.05 Å². The number of nitrogens with zero attached hydrogens (tertiary/aromatic N) is 4. The second kappa shape index (κ2) is 10.2. The van der Waals surface area contributed by atoms with E-state index < -0.39 is 12.1 Å². The molecule has 2 atom stereocenters. The van der Waals surface area contributed by atoms with E-state index in [-0.39, 0.29) is 11.5 Å². The average molecular weight is 460 g/mol. The first-order chi connectivity index (χ1) is 15.1. The molecule has 1 aromatic rings. The second-order valence-electron chi connectivity index (χ2n) is 8.85. The molecule has 32 heavy (non-hydrogen) atoms. The molecule has 4 heterocycles. The Hall–Kier alpha value is -2.14. The number of alkyl halides is 3. The minimum Gasteiger partial charge on any atom is -0.475 e. The Morgan fingerprint density at radius 2 is 1.91 bits per heavy atom. The van der Waals surface area contributed by atoms with Crippen molar-refractivity contribution >= 4 is 11.9 Å². The summed E-state index contributed by atoms with van der Waals surface area (Å²) < 4.78 is 40.1. The summed E-state index contributed by atoms with van der Waals surface area (Å²) in [4.78, 5) is 26.1. The first-order valence-corrected chi connectivity index (χ1v) is 11.0. The van der Waals surface area contributed by atoms with Crippen LogP contribution in [0.4, 0.5) is 13.2 Å². The monoisotopic (exact) mass is 460 g/mol. The second-order valence-corrected chi connectivity index (χ2v) is 8.85. The summed E-state index contributed by atoms with van der Waals surface area (Å²) in [6, 6.07) is 1.92. The van der Waals surface area contributed by atoms with Crippen LogP contribution in [0, 0.1) is 0 Å². The number of ether oxygens (including phenoxy) is 1. The molecule has 0 aliphatic carbocycles. The van der Waals surface area contributed by atoms with Gasteiger partial charge in [-0.05, 0) is 57.7 Å². The van der Waals surface area contributed by atoms with Crippen molar-refractivity contribution in [3.63, 3.8) is 0 Å². The fourth-order valence-electron chi connectivity index (χ4n) is 4.69. The van der Waals surface area contributed by atoms with Crippen molar-refractivity contribution < 1.29 is 32.6 Å². The molecule has 1 aromatic heterocycles. The van der Waals surface area contributed by atoms with E-state index in [2.05, 4.69) is 10.00 Å². The largest absolute Gasteiger partial charge is 0.490 e. The molecule has 3 saturated heterocycles. The zero-order valence-electron chi connectivity index (χ0n) is 18.3. The van der Waals surface area contributed by atoms with Gasteiger partial charge in [0.05, 0.1) is 23.8 Å². The van der Waals surface area contributed by atoms with Crippen molar-refractivity contribution in [1.29, 1.82) is 0 Å². The Labute approximate surface area is 185 Å². The molecule has 1 spiro atoms. The summed E-state index contributed by atoms with van der Waals surface area (Å²) in [5, 5.41) is 11.5. The van der Waals surface area contributed by atoms with Crippen LogP contribution in [-0.4, -0.2) is 87.2 Å². The van der Waals surface area contributed by atoms with Gasteiger partial charge in [-0.3, -0.25) is 9.48 Å². The summed E-state index contributed by atoms with van der Waals surface area (Å²) >= 11 is 0. The highest BCUT2D eigenvalue weighted by Crippen LogP contribution is 2.37. The zero-order chi connectivity index (χ0) is 23.4. The van der Waals surface area contributed by atoms with Crippen molar-refractivity contribution in [2.75, 3.05) is 32.7 Å². The zero-order valence-corrected chi connectivity index (χ0v) is 18.3. The van der Waals surface area contributed by atoms with Gasteiger partial charge in [-0.15, -0.1) is 0 Å². The molecule has 0 aromatic carbocycles. The molecule has 3 fully saturated rings. The Balaban J connectivity index is 0.000000360. The molecular weight excluding hydrogens is 429 g/mol. The van der Waals surface area contributed by atoms with E-state index in [1.807, 2.05) is 24.2 Å². The van der Waals surface area contributed by atoms with Crippen LogP contribution in [-0.2, 0) is 27.8 Å². The van der Waals surface area contributed by atoms with E-state index in [4.69, 9.17) is 14.6 Å². The van der Waals surface area contributed by atoms with Crippen molar-refractivity contribution in [1.82, 2.24) is 19.6 Å². The van der Waals surface area contributed by atoms with Gasteiger partial charge in [0.25, 0.3) is 0 Å². The summed E-state index contributed by atoms with van der Waals surface area (Å²) in [7, 11) is 1.88. The van der Waals surface area contributed by atoms with Crippen LogP contribution in [0.5, 0.6) is 0 Å². The molecule has 11 heteroatoms. The topological polar surface area (TPSA) is 87.9 Å². The summed E-state index contributed by atoms with van der Waals surface area (Å²) in [6.07, 6.45) is 4.67. The number of carboxylic acid groups (broad SMARTS) is 1. The Kier molecular flexibility index (Phi) is 7.81. The van der Waals surface area contributed by atoms with Crippen molar-refractivity contribution in [3.8, 4) is 0 Å². The molecule has 180 valence electrons. The van der Waals surface area contributed by atoms with Crippen LogP contribution in [0.3, 0.4) is 0 Å². The lowest BCUT2D eigenvalue weighted by Gasteiger charge is -2.40. The molecule has 1 amide bonds. The normalized spacial score (nSPS) is 26.2. The van der Waals surface area contributed by atoms with E-state index in [0.717, 1.165) is 38.2 Å². The molecule has 3 aliphatic heterocycles. The number of likely N-dealkylation sites (tertiary alicyclic amines) is 2. The quantitative estimate of drug-likeness (QED) is 0.742. The van der Waals surface area contributed by atoms with Gasteiger partial charge in [0, 0.05) is 32.9 Å². The first-order valence-electron chi connectivity index (χ1n) is 11.0. The number of amides is 1. The Morgan fingerprint density at radius 1 is 1.22 bits per heavy atom. The highest BCUT2D eigenvalue weighted by Gasteiger charge is 2.44. The molecule has 0 unspecified atom stereocenters. The third kappa shape index (κ3) is 6.68. The lowest BCUT2D eigenvalue weighted by molar-refractivity contribution is -0.192. The van der Waals surface area contributed by atoms with E-state index in [9.17, 15) is 18.0 Å². The molecule has 0 bridgehead atoms. The highest BCUT2D eigenvalue weighted by molar-refractivity contribution is 5.78. The molecule has 3 aliphatic rings. The van der Waals surface area contributed by atoms with Gasteiger partial charge >= 0.3 is 12.1 Å². The number of carbonyl (C=O) groups excluding carboxylic acids is 1.